The Hall–Kier alpha value is -1.49. The molecule has 5 nitrogen and oxygen atoms in total. The number of nitrogens with one attached hydrogen (secondary N) is 1. The van der Waals surface area contributed by atoms with Gasteiger partial charge < -0.3 is 5.32 Å². The number of nitrogens with zero attached hydrogens (tertiary/aromatic N) is 2. The molecule has 1 aromatic rings. The highest BCUT2D eigenvalue weighted by Crippen LogP contribution is 2.28. The summed E-state index contributed by atoms with van der Waals surface area (Å²) >= 11 is 0. The van der Waals surface area contributed by atoms with Crippen molar-refractivity contribution >= 4 is 5.69 Å². The van der Waals surface area contributed by atoms with E-state index in [1.165, 1.54) is 12.3 Å². The SMILES string of the molecule is CNC(C)C(c1cc([N+](=O)[O-])ccn1)C(C)C. The van der Waals surface area contributed by atoms with Crippen LogP contribution in [0.4, 0.5) is 5.69 Å². The van der Waals surface area contributed by atoms with Gasteiger partial charge in [-0.2, -0.15) is 0 Å². The zero-order chi connectivity index (χ0) is 13.0. The van der Waals surface area contributed by atoms with Crippen molar-refractivity contribution in [3.8, 4) is 0 Å². The zero-order valence-corrected chi connectivity index (χ0v) is 10.7. The Labute approximate surface area is 101 Å². The van der Waals surface area contributed by atoms with Gasteiger partial charge in [0.05, 0.1) is 10.6 Å². The lowest BCUT2D eigenvalue weighted by atomic mass is 9.86. The quantitative estimate of drug-likeness (QED) is 0.630. The van der Waals surface area contributed by atoms with Crippen molar-refractivity contribution in [3.63, 3.8) is 0 Å². The summed E-state index contributed by atoms with van der Waals surface area (Å²) in [6.45, 7) is 6.25. The van der Waals surface area contributed by atoms with Gasteiger partial charge in [-0.15, -0.1) is 0 Å². The summed E-state index contributed by atoms with van der Waals surface area (Å²) in [4.78, 5) is 14.6. The third-order valence-electron chi connectivity index (χ3n) is 3.03. The molecule has 5 heteroatoms. The minimum atomic E-state index is -0.382. The third-order valence-corrected chi connectivity index (χ3v) is 3.03. The maximum atomic E-state index is 10.7. The van der Waals surface area contributed by atoms with Crippen LogP contribution in [-0.4, -0.2) is 23.0 Å². The van der Waals surface area contributed by atoms with Gasteiger partial charge in [-0.1, -0.05) is 13.8 Å². The van der Waals surface area contributed by atoms with Gasteiger partial charge >= 0.3 is 0 Å². The molecule has 0 radical (unpaired) electrons. The summed E-state index contributed by atoms with van der Waals surface area (Å²) in [5.74, 6) is 0.534. The Morgan fingerprint density at radius 3 is 2.53 bits per heavy atom. The summed E-state index contributed by atoms with van der Waals surface area (Å²) in [5.41, 5.74) is 0.875. The number of pyridine rings is 1. The van der Waals surface area contributed by atoms with Crippen LogP contribution in [0.2, 0.25) is 0 Å². The second-order valence-corrected chi connectivity index (χ2v) is 4.54. The molecule has 0 saturated carbocycles. The number of hydrogen-bond donors (Lipinski definition) is 1. The van der Waals surface area contributed by atoms with Gasteiger partial charge in [0.1, 0.15) is 0 Å². The second-order valence-electron chi connectivity index (χ2n) is 4.54. The van der Waals surface area contributed by atoms with Crippen molar-refractivity contribution in [2.45, 2.75) is 32.7 Å². The van der Waals surface area contributed by atoms with Crippen LogP contribution in [0.15, 0.2) is 18.3 Å². The van der Waals surface area contributed by atoms with Crippen LogP contribution in [0.3, 0.4) is 0 Å². The van der Waals surface area contributed by atoms with Crippen LogP contribution in [0.5, 0.6) is 0 Å². The molecule has 0 aliphatic carbocycles. The lowest BCUT2D eigenvalue weighted by molar-refractivity contribution is -0.385. The van der Waals surface area contributed by atoms with Crippen LogP contribution in [0.25, 0.3) is 0 Å². The van der Waals surface area contributed by atoms with E-state index in [1.807, 2.05) is 7.05 Å². The van der Waals surface area contributed by atoms with E-state index in [9.17, 15) is 10.1 Å². The van der Waals surface area contributed by atoms with Crippen molar-refractivity contribution in [2.24, 2.45) is 5.92 Å². The number of likely N-dealkylation sites (N-methyl/N-ethyl adjacent to an activating group) is 1. The maximum absolute atomic E-state index is 10.7. The van der Waals surface area contributed by atoms with E-state index in [0.29, 0.717) is 5.92 Å². The second kappa shape index (κ2) is 5.72. The van der Waals surface area contributed by atoms with Crippen LogP contribution in [-0.2, 0) is 0 Å². The molecule has 2 atom stereocenters. The molecule has 0 amide bonds. The summed E-state index contributed by atoms with van der Waals surface area (Å²) < 4.78 is 0. The van der Waals surface area contributed by atoms with Crippen LogP contribution in [0, 0.1) is 16.0 Å². The van der Waals surface area contributed by atoms with Gasteiger partial charge in [-0.3, -0.25) is 15.1 Å². The largest absolute Gasteiger partial charge is 0.317 e. The fraction of sp³-hybridized carbons (Fsp3) is 0.583. The van der Waals surface area contributed by atoms with E-state index < -0.39 is 0 Å². The Kier molecular flexibility index (Phi) is 4.57. The molecule has 1 heterocycles. The molecule has 1 N–H and O–H groups in total. The Balaban J connectivity index is 3.10. The summed E-state index contributed by atoms with van der Waals surface area (Å²) in [6, 6.07) is 3.22. The summed E-state index contributed by atoms with van der Waals surface area (Å²) in [6.07, 6.45) is 1.51. The minimum absolute atomic E-state index is 0.101. The summed E-state index contributed by atoms with van der Waals surface area (Å²) in [5, 5.41) is 13.9. The minimum Gasteiger partial charge on any atom is -0.317 e. The molecule has 0 aliphatic heterocycles. The summed E-state index contributed by atoms with van der Waals surface area (Å²) in [7, 11) is 1.89. The van der Waals surface area contributed by atoms with E-state index in [1.54, 1.807) is 6.07 Å². The monoisotopic (exact) mass is 237 g/mol. The third kappa shape index (κ3) is 3.23. The van der Waals surface area contributed by atoms with Crippen LogP contribution in [0.1, 0.15) is 32.4 Å². The standard InChI is InChI=1S/C12H19N3O2/c1-8(2)12(9(3)13-4)11-7-10(15(16)17)5-6-14-11/h5-9,12-13H,1-4H3. The highest BCUT2D eigenvalue weighted by molar-refractivity contribution is 5.31. The average Bonchev–Trinajstić information content (AvgIpc) is 2.28. The predicted octanol–water partition coefficient (Wildman–Crippen LogP) is 2.34. The molecule has 0 spiro atoms. The zero-order valence-electron chi connectivity index (χ0n) is 10.7. The fourth-order valence-corrected chi connectivity index (χ4v) is 2.09. The molecular weight excluding hydrogens is 218 g/mol. The van der Waals surface area contributed by atoms with Crippen molar-refractivity contribution in [1.82, 2.24) is 10.3 Å². The first-order chi connectivity index (χ1) is 7.97. The first-order valence-corrected chi connectivity index (χ1v) is 5.75. The topological polar surface area (TPSA) is 68.1 Å². The van der Waals surface area contributed by atoms with Crippen molar-refractivity contribution < 1.29 is 4.92 Å². The first kappa shape index (κ1) is 13.6. The first-order valence-electron chi connectivity index (χ1n) is 5.75. The Morgan fingerprint density at radius 2 is 2.06 bits per heavy atom. The maximum Gasteiger partial charge on any atom is 0.272 e. The normalized spacial score (nSPS) is 14.6. The van der Waals surface area contributed by atoms with E-state index in [4.69, 9.17) is 0 Å². The van der Waals surface area contributed by atoms with Crippen molar-refractivity contribution in [2.75, 3.05) is 7.05 Å². The molecule has 17 heavy (non-hydrogen) atoms. The highest BCUT2D eigenvalue weighted by atomic mass is 16.6. The fourth-order valence-electron chi connectivity index (χ4n) is 2.09. The molecule has 1 aromatic heterocycles. The Morgan fingerprint density at radius 1 is 1.41 bits per heavy atom. The molecule has 0 aliphatic rings. The van der Waals surface area contributed by atoms with Crippen molar-refractivity contribution in [3.05, 3.63) is 34.1 Å². The molecule has 1 rings (SSSR count). The van der Waals surface area contributed by atoms with Gasteiger partial charge in [0.25, 0.3) is 5.69 Å². The molecule has 2 unspecified atom stereocenters. The van der Waals surface area contributed by atoms with E-state index >= 15 is 0 Å². The molecule has 0 saturated heterocycles. The molecular formula is C12H19N3O2. The number of aromatic nitrogens is 1. The van der Waals surface area contributed by atoms with Crippen LogP contribution >= 0.6 is 0 Å². The molecule has 94 valence electrons. The van der Waals surface area contributed by atoms with E-state index in [2.05, 4.69) is 31.1 Å². The Bertz CT molecular complexity index is 393. The predicted molar refractivity (Wildman–Crippen MR) is 67.0 cm³/mol. The lowest BCUT2D eigenvalue weighted by Gasteiger charge is -2.26. The molecule has 0 fully saturated rings. The van der Waals surface area contributed by atoms with E-state index in [0.717, 1.165) is 5.69 Å². The average molecular weight is 237 g/mol. The van der Waals surface area contributed by atoms with Crippen molar-refractivity contribution in [1.29, 1.82) is 0 Å². The van der Waals surface area contributed by atoms with Gasteiger partial charge in [-0.05, 0) is 19.9 Å². The van der Waals surface area contributed by atoms with Gasteiger partial charge in [0, 0.05) is 30.3 Å². The van der Waals surface area contributed by atoms with Gasteiger partial charge in [-0.25, -0.2) is 0 Å². The molecule has 0 bridgehead atoms. The van der Waals surface area contributed by atoms with Gasteiger partial charge in [0.2, 0.25) is 0 Å². The number of hydrogen-bond acceptors (Lipinski definition) is 4. The smallest absolute Gasteiger partial charge is 0.272 e. The molecule has 0 aromatic carbocycles. The van der Waals surface area contributed by atoms with Gasteiger partial charge in [0.15, 0.2) is 0 Å². The van der Waals surface area contributed by atoms with E-state index in [-0.39, 0.29) is 22.6 Å². The number of rotatable bonds is 5. The van der Waals surface area contributed by atoms with Crippen LogP contribution < -0.4 is 5.32 Å². The highest BCUT2D eigenvalue weighted by Gasteiger charge is 2.24. The number of nitro groups is 1. The lowest BCUT2D eigenvalue weighted by Crippen LogP contribution is -2.32.